The van der Waals surface area contributed by atoms with Crippen molar-refractivity contribution in [3.63, 3.8) is 0 Å². The lowest BCUT2D eigenvalue weighted by molar-refractivity contribution is -0.141. The molecule has 644 valence electrons. The summed E-state index contributed by atoms with van der Waals surface area (Å²) in [4.78, 5) is 216. The molecule has 1 saturated heterocycles. The number of phenolic OH excluding ortho intramolecular Hbond substituents is 1. The number of carboxylic acid groups (broad SMARTS) is 1. The largest absolute Gasteiger partial charge is 0.508 e. The number of aliphatic carboxylic acids is 1. The summed E-state index contributed by atoms with van der Waals surface area (Å²) >= 11 is 0.815. The highest BCUT2D eigenvalue weighted by atomic mass is 32.2. The number of amides is 14. The molecular formula is C78H119N21O17S. The zero-order chi connectivity index (χ0) is 87.0. The Labute approximate surface area is 685 Å². The third-order valence-electron chi connectivity index (χ3n) is 19.2. The van der Waals surface area contributed by atoms with Crippen LogP contribution in [-0.4, -0.2) is 221 Å². The molecule has 14 atom stereocenters. The van der Waals surface area contributed by atoms with Gasteiger partial charge in [0.2, 0.25) is 82.7 Å². The molecule has 0 unspecified atom stereocenters. The summed E-state index contributed by atoms with van der Waals surface area (Å²) in [6.07, 6.45) is -2.11. The number of carbonyl (C=O) groups is 15. The second-order valence-corrected chi connectivity index (χ2v) is 30.7. The minimum absolute atomic E-state index is 0.0106. The van der Waals surface area contributed by atoms with Gasteiger partial charge >= 0.3 is 5.97 Å². The molecule has 1 aliphatic heterocycles. The average molecular weight is 1660 g/mol. The van der Waals surface area contributed by atoms with Gasteiger partial charge in [0.15, 0.2) is 11.9 Å². The van der Waals surface area contributed by atoms with Gasteiger partial charge in [-0.05, 0) is 104 Å². The van der Waals surface area contributed by atoms with E-state index in [2.05, 4.69) is 79.8 Å². The molecule has 27 N–H and O–H groups in total. The van der Waals surface area contributed by atoms with E-state index in [1.54, 1.807) is 116 Å². The smallest absolute Gasteiger partial charge is 0.305 e. The molecule has 0 bridgehead atoms. The first-order chi connectivity index (χ1) is 55.4. The van der Waals surface area contributed by atoms with E-state index in [9.17, 15) is 67.7 Å². The molecule has 0 saturated carbocycles. The summed E-state index contributed by atoms with van der Waals surface area (Å²) in [5.41, 5.74) is 23.9. The Bertz CT molecular complexity index is 3860. The van der Waals surface area contributed by atoms with Gasteiger partial charge in [0.1, 0.15) is 78.3 Å². The molecule has 38 nitrogen and oxygen atoms in total. The van der Waals surface area contributed by atoms with Gasteiger partial charge in [0, 0.05) is 38.1 Å². The van der Waals surface area contributed by atoms with Crippen LogP contribution >= 0.6 is 11.8 Å². The van der Waals surface area contributed by atoms with Crippen LogP contribution in [0.1, 0.15) is 136 Å². The molecule has 1 heterocycles. The summed E-state index contributed by atoms with van der Waals surface area (Å²) < 4.78 is 0. The molecule has 1 fully saturated rings. The predicted molar refractivity (Wildman–Crippen MR) is 437 cm³/mol. The first-order valence-electron chi connectivity index (χ1n) is 39.1. The number of thioether (sulfide) groups is 1. The number of carbonyl (C=O) groups excluding carboxylic acids is 14. The standard InChI is InChI=1S/C78H119N21O17S/c1-9-44(7)63-75(115)91-52(26-19-33-86-78(83)84)67(107)95-57(38-61(103)104)72(112)90-51(25-18-32-85-77(81)82)66(106)93-56(37-48-27-29-49(100)30-28-48)71(111)94-55(36-47-22-15-12-16-23-47)70(110)89-50(24-17-31-79)68(108)96-58(65(105)87-39-59(80)101)40-117-41-60(102)88-54(35-46-20-13-11-14-21-46)69(109)92-53(34-42(3)4)73(113)98-64(45(8)10-2)76(116)97-62(43(5)6)74(114)99-63/h11-16,20-23,27-30,42-45,50-58,62-64,100H,9-10,17-19,24-26,31-41,79H2,1-8H3,(H2,80,101)(H,87,105)(H,88,102)(H,89,110)(H,90,112)(H,91,115)(H,92,109)(H,93,106)(H,94,111)(H,95,107)(H,96,108)(H,97,116)(H,98,113)(H,99,114)(H,103,104)(H4,81,82,85)(H4,83,84,86)/t44-,45-,50-,51-,52-,53-,54-,55-,56-,57-,58-,62-,63-,64-/m0/s1. The third-order valence-corrected chi connectivity index (χ3v) is 20.2. The molecule has 14 amide bonds. The second kappa shape index (κ2) is 50.7. The lowest BCUT2D eigenvalue weighted by Crippen LogP contribution is -2.62. The molecule has 117 heavy (non-hydrogen) atoms. The average Bonchev–Trinajstić information content (AvgIpc) is 0.841. The van der Waals surface area contributed by atoms with Crippen LogP contribution in [0.4, 0.5) is 0 Å². The minimum atomic E-state index is -2.04. The van der Waals surface area contributed by atoms with Crippen molar-refractivity contribution in [2.45, 2.75) is 211 Å². The zero-order valence-corrected chi connectivity index (χ0v) is 68.3. The van der Waals surface area contributed by atoms with Crippen molar-refractivity contribution in [2.24, 2.45) is 46.6 Å². The van der Waals surface area contributed by atoms with E-state index in [-0.39, 0.29) is 108 Å². The maximum Gasteiger partial charge on any atom is 0.305 e. The normalized spacial score (nSPS) is 23.3. The maximum absolute atomic E-state index is 15.2. The van der Waals surface area contributed by atoms with Crippen molar-refractivity contribution in [3.8, 4) is 5.75 Å². The first kappa shape index (κ1) is 97.7. The molecule has 0 radical (unpaired) electrons. The maximum atomic E-state index is 15.2. The fourth-order valence-corrected chi connectivity index (χ4v) is 13.2. The van der Waals surface area contributed by atoms with Gasteiger partial charge in [-0.15, -0.1) is 11.8 Å². The molecule has 0 aromatic heterocycles. The number of benzene rings is 3. The molecule has 3 aromatic rings. The van der Waals surface area contributed by atoms with Crippen LogP contribution in [0.3, 0.4) is 0 Å². The van der Waals surface area contributed by atoms with Gasteiger partial charge in [0.25, 0.3) is 0 Å². The van der Waals surface area contributed by atoms with E-state index in [0.717, 1.165) is 11.8 Å². The molecule has 1 aliphatic rings. The monoisotopic (exact) mass is 1650 g/mol. The number of carboxylic acids is 1. The number of aromatic hydroxyl groups is 1. The molecular weight excluding hydrogens is 1540 g/mol. The van der Waals surface area contributed by atoms with E-state index in [0.29, 0.717) is 23.1 Å². The fraction of sp³-hybridized carbons (Fsp3) is 0.551. The van der Waals surface area contributed by atoms with E-state index in [1.807, 2.05) is 0 Å². The van der Waals surface area contributed by atoms with Crippen LogP contribution < -0.4 is 103 Å². The van der Waals surface area contributed by atoms with Crippen molar-refractivity contribution in [3.05, 3.63) is 102 Å². The highest BCUT2D eigenvalue weighted by Crippen LogP contribution is 2.19. The Kier molecular flexibility index (Phi) is 42.3. The van der Waals surface area contributed by atoms with Crippen molar-refractivity contribution in [2.75, 3.05) is 37.7 Å². The van der Waals surface area contributed by atoms with E-state index >= 15 is 14.4 Å². The number of nitrogens with two attached hydrogens (primary N) is 4. The summed E-state index contributed by atoms with van der Waals surface area (Å²) in [7, 11) is 0. The summed E-state index contributed by atoms with van der Waals surface area (Å²) in [6.45, 7) is 12.7. The van der Waals surface area contributed by atoms with Gasteiger partial charge in [-0.25, -0.2) is 0 Å². The van der Waals surface area contributed by atoms with E-state index in [4.69, 9.17) is 33.8 Å². The predicted octanol–water partition coefficient (Wildman–Crippen LogP) is -2.88. The minimum Gasteiger partial charge on any atom is -0.508 e. The Morgan fingerprint density at radius 3 is 1.26 bits per heavy atom. The number of hydrogen-bond acceptors (Lipinski definition) is 20. The fourth-order valence-electron chi connectivity index (χ4n) is 12.3. The van der Waals surface area contributed by atoms with Crippen LogP contribution in [0.2, 0.25) is 0 Å². The Balaban J connectivity index is 1.98. The molecule has 39 heteroatoms. The van der Waals surface area contributed by atoms with Crippen molar-refractivity contribution >= 4 is 112 Å². The highest BCUT2D eigenvalue weighted by molar-refractivity contribution is 8.00. The Morgan fingerprint density at radius 1 is 0.462 bits per heavy atom. The number of primary amides is 1. The van der Waals surface area contributed by atoms with Crippen molar-refractivity contribution < 1.29 is 82.1 Å². The first-order valence-corrected chi connectivity index (χ1v) is 40.3. The summed E-state index contributed by atoms with van der Waals surface area (Å²) in [5, 5.41) is 75.4. The zero-order valence-electron chi connectivity index (χ0n) is 67.5. The van der Waals surface area contributed by atoms with Crippen molar-refractivity contribution in [1.82, 2.24) is 79.8 Å². The number of nitrogens with one attached hydrogen (secondary N) is 17. The molecule has 3 aromatic carbocycles. The van der Waals surface area contributed by atoms with Crippen LogP contribution in [0, 0.1) is 34.5 Å². The van der Waals surface area contributed by atoms with Crippen LogP contribution in [-0.2, 0) is 91.2 Å². The lowest BCUT2D eigenvalue weighted by Gasteiger charge is -2.32. The van der Waals surface area contributed by atoms with E-state index in [1.165, 1.54) is 24.3 Å². The number of guanidine groups is 2. The number of rotatable bonds is 29. The Hall–Kier alpha value is -11.6. The number of phenols is 1. The van der Waals surface area contributed by atoms with Crippen LogP contribution in [0.5, 0.6) is 5.75 Å². The van der Waals surface area contributed by atoms with Gasteiger partial charge in [-0.2, -0.15) is 0 Å². The molecule has 4 rings (SSSR count). The van der Waals surface area contributed by atoms with Crippen molar-refractivity contribution in [1.29, 1.82) is 10.8 Å². The second-order valence-electron chi connectivity index (χ2n) is 29.7. The van der Waals surface area contributed by atoms with Gasteiger partial charge in [0.05, 0.1) is 18.7 Å². The van der Waals surface area contributed by atoms with Gasteiger partial charge < -0.3 is 113 Å². The molecule has 0 aliphatic carbocycles. The van der Waals surface area contributed by atoms with Crippen LogP contribution in [0.15, 0.2) is 84.9 Å². The Morgan fingerprint density at radius 2 is 0.829 bits per heavy atom. The van der Waals surface area contributed by atoms with Gasteiger partial charge in [-0.3, -0.25) is 82.7 Å². The lowest BCUT2D eigenvalue weighted by atomic mass is 9.94. The number of hydrogen-bond donors (Lipinski definition) is 23. The third kappa shape index (κ3) is 35.6. The van der Waals surface area contributed by atoms with E-state index < -0.39 is 210 Å². The van der Waals surface area contributed by atoms with Gasteiger partial charge in [-0.1, -0.05) is 141 Å². The molecule has 0 spiro atoms. The van der Waals surface area contributed by atoms with Crippen LogP contribution in [0.25, 0.3) is 0 Å². The highest BCUT2D eigenvalue weighted by Gasteiger charge is 2.40. The summed E-state index contributed by atoms with van der Waals surface area (Å²) in [5.74, 6) is -19.3. The quantitative estimate of drug-likeness (QED) is 0.0189. The summed E-state index contributed by atoms with van der Waals surface area (Å²) in [6, 6.07) is 3.52. The SMILES string of the molecule is CC[C@H](C)[C@@H]1NC(=O)[C@H](CC(C)C)NC(=O)[C@H](Cc2ccccc2)NC(=O)CSC[C@@H](C(=O)NCC(N)=O)NC(=O)[C@H](CCCN)NC(=O)[C@H](Cc2ccccc2)NC(=O)[C@H](Cc2ccc(O)cc2)NC(=O)[C@H](CCCNC(=N)N)NC(=O)[C@H](CC(=O)O)NC(=O)[C@H](CCCNC(=N)N)NC(=O)[C@H]([C@@H](C)CC)NC(=O)[C@H](C(C)C)NC1=O. The topological polar surface area (TPSA) is 629 Å².